The summed E-state index contributed by atoms with van der Waals surface area (Å²) in [5, 5.41) is 21.1. The van der Waals surface area contributed by atoms with Gasteiger partial charge < -0.3 is 24.7 Å². The number of hydrogen-bond donors (Lipinski definition) is 3. The molecule has 1 aromatic heterocycles. The zero-order valence-electron chi connectivity index (χ0n) is 10.7. The van der Waals surface area contributed by atoms with Crippen molar-refractivity contribution < 1.29 is 24.2 Å². The van der Waals surface area contributed by atoms with Gasteiger partial charge in [0.15, 0.2) is 0 Å². The van der Waals surface area contributed by atoms with Crippen molar-refractivity contribution in [2.45, 2.75) is 38.5 Å². The lowest BCUT2D eigenvalue weighted by Gasteiger charge is -2.24. The first kappa shape index (κ1) is 14.5. The Bertz CT molecular complexity index is 368. The molecule has 2 atom stereocenters. The van der Waals surface area contributed by atoms with Gasteiger partial charge in [0.05, 0.1) is 12.9 Å². The van der Waals surface area contributed by atoms with Gasteiger partial charge in [0.1, 0.15) is 23.5 Å². The number of aliphatic hydroxyl groups excluding tert-OH is 2. The van der Waals surface area contributed by atoms with Gasteiger partial charge in [0.25, 0.3) is 0 Å². The Hall–Kier alpha value is -1.53. The maximum Gasteiger partial charge on any atom is 0.408 e. The molecule has 0 aliphatic rings. The van der Waals surface area contributed by atoms with Gasteiger partial charge in [0, 0.05) is 0 Å². The summed E-state index contributed by atoms with van der Waals surface area (Å²) >= 11 is 0. The highest BCUT2D eigenvalue weighted by Crippen LogP contribution is 2.18. The minimum atomic E-state index is -1.16. The van der Waals surface area contributed by atoms with E-state index in [0.29, 0.717) is 5.76 Å². The van der Waals surface area contributed by atoms with Crippen LogP contribution >= 0.6 is 0 Å². The summed E-state index contributed by atoms with van der Waals surface area (Å²) < 4.78 is 10.2. The van der Waals surface area contributed by atoms with Crippen molar-refractivity contribution in [2.24, 2.45) is 0 Å². The molecule has 0 aromatic carbocycles. The number of carbonyl (C=O) groups is 1. The maximum atomic E-state index is 11.6. The third kappa shape index (κ3) is 4.38. The van der Waals surface area contributed by atoms with Gasteiger partial charge >= 0.3 is 6.09 Å². The molecular weight excluding hydrogens is 238 g/mol. The lowest BCUT2D eigenvalue weighted by molar-refractivity contribution is 0.0280. The monoisotopic (exact) mass is 257 g/mol. The maximum absolute atomic E-state index is 11.6. The molecule has 0 fully saturated rings. The number of ether oxygens (including phenoxy) is 1. The summed E-state index contributed by atoms with van der Waals surface area (Å²) in [5.41, 5.74) is -0.637. The number of furan rings is 1. The van der Waals surface area contributed by atoms with E-state index >= 15 is 0 Å². The summed E-state index contributed by atoms with van der Waals surface area (Å²) in [5.74, 6) is 0.349. The van der Waals surface area contributed by atoms with Crippen LogP contribution in [0.2, 0.25) is 0 Å². The van der Waals surface area contributed by atoms with E-state index in [1.165, 1.54) is 6.26 Å². The lowest BCUT2D eigenvalue weighted by Crippen LogP contribution is -2.40. The average Bonchev–Trinajstić information content (AvgIpc) is 2.75. The van der Waals surface area contributed by atoms with Crippen LogP contribution in [-0.2, 0) is 4.74 Å². The van der Waals surface area contributed by atoms with E-state index in [4.69, 9.17) is 14.3 Å². The van der Waals surface area contributed by atoms with Crippen LogP contribution in [0.25, 0.3) is 0 Å². The Balaban J connectivity index is 2.71. The predicted molar refractivity (Wildman–Crippen MR) is 63.9 cm³/mol. The predicted octanol–water partition coefficient (Wildman–Crippen LogP) is 1.20. The van der Waals surface area contributed by atoms with Crippen molar-refractivity contribution in [1.82, 2.24) is 5.32 Å². The number of nitrogens with one attached hydrogen (secondary N) is 1. The van der Waals surface area contributed by atoms with E-state index in [9.17, 15) is 9.90 Å². The van der Waals surface area contributed by atoms with E-state index in [2.05, 4.69) is 5.32 Å². The largest absolute Gasteiger partial charge is 0.467 e. The topological polar surface area (TPSA) is 91.9 Å². The summed E-state index contributed by atoms with van der Waals surface area (Å²) in [6, 6.07) is 2.38. The molecule has 0 aliphatic carbocycles. The van der Waals surface area contributed by atoms with Crippen molar-refractivity contribution in [2.75, 3.05) is 6.61 Å². The van der Waals surface area contributed by atoms with Gasteiger partial charge in [-0.15, -0.1) is 0 Å². The van der Waals surface area contributed by atoms with Crippen LogP contribution in [0.15, 0.2) is 22.8 Å². The molecule has 1 heterocycles. The molecule has 0 spiro atoms. The van der Waals surface area contributed by atoms with Crippen LogP contribution in [0.1, 0.15) is 32.6 Å². The average molecular weight is 257 g/mol. The Morgan fingerprint density at radius 3 is 2.67 bits per heavy atom. The van der Waals surface area contributed by atoms with Crippen molar-refractivity contribution >= 4 is 6.09 Å². The summed E-state index contributed by atoms with van der Waals surface area (Å²) in [7, 11) is 0. The van der Waals surface area contributed by atoms with Gasteiger partial charge in [-0.25, -0.2) is 4.79 Å². The minimum absolute atomic E-state index is 0.349. The Labute approximate surface area is 106 Å². The first-order valence-electron chi connectivity index (χ1n) is 5.65. The Kier molecular flexibility index (Phi) is 4.75. The third-order valence-corrected chi connectivity index (χ3v) is 2.09. The molecule has 0 saturated carbocycles. The Morgan fingerprint density at radius 2 is 2.22 bits per heavy atom. The fourth-order valence-corrected chi connectivity index (χ4v) is 1.37. The highest BCUT2D eigenvalue weighted by Gasteiger charge is 2.27. The molecule has 3 N–H and O–H groups in total. The van der Waals surface area contributed by atoms with Gasteiger partial charge in [-0.05, 0) is 32.9 Å². The summed E-state index contributed by atoms with van der Waals surface area (Å²) in [4.78, 5) is 11.6. The molecular formula is C12H19NO5. The number of carbonyl (C=O) groups excluding carboxylic acids is 1. The zero-order chi connectivity index (χ0) is 13.8. The fourth-order valence-electron chi connectivity index (χ4n) is 1.37. The highest BCUT2D eigenvalue weighted by atomic mass is 16.6. The molecule has 0 unspecified atom stereocenters. The van der Waals surface area contributed by atoms with E-state index in [1.54, 1.807) is 32.9 Å². The van der Waals surface area contributed by atoms with Crippen LogP contribution in [0, 0.1) is 0 Å². The van der Waals surface area contributed by atoms with Gasteiger partial charge in [-0.2, -0.15) is 0 Å². The fraction of sp³-hybridized carbons (Fsp3) is 0.583. The van der Waals surface area contributed by atoms with Crippen molar-refractivity contribution in [3.63, 3.8) is 0 Å². The molecule has 0 saturated heterocycles. The van der Waals surface area contributed by atoms with E-state index in [-0.39, 0.29) is 0 Å². The van der Waals surface area contributed by atoms with Gasteiger partial charge in [0.2, 0.25) is 0 Å². The van der Waals surface area contributed by atoms with Crippen molar-refractivity contribution in [3.05, 3.63) is 24.2 Å². The third-order valence-electron chi connectivity index (χ3n) is 2.09. The van der Waals surface area contributed by atoms with E-state index < -0.39 is 30.4 Å². The number of aliphatic hydroxyl groups is 2. The SMILES string of the molecule is CC(C)(C)OC(=O)N[C@H](c1ccco1)[C@H](O)CO. The van der Waals surface area contributed by atoms with Crippen LogP contribution in [0.4, 0.5) is 4.79 Å². The van der Waals surface area contributed by atoms with Gasteiger partial charge in [-0.1, -0.05) is 0 Å². The molecule has 1 rings (SSSR count). The van der Waals surface area contributed by atoms with Crippen molar-refractivity contribution in [1.29, 1.82) is 0 Å². The highest BCUT2D eigenvalue weighted by molar-refractivity contribution is 5.68. The van der Waals surface area contributed by atoms with Crippen LogP contribution < -0.4 is 5.32 Å². The minimum Gasteiger partial charge on any atom is -0.467 e. The molecule has 1 amide bonds. The van der Waals surface area contributed by atoms with Gasteiger partial charge in [-0.3, -0.25) is 0 Å². The molecule has 6 nitrogen and oxygen atoms in total. The van der Waals surface area contributed by atoms with Crippen LogP contribution in [0.5, 0.6) is 0 Å². The van der Waals surface area contributed by atoms with Crippen LogP contribution in [-0.4, -0.2) is 34.6 Å². The number of amides is 1. The molecule has 1 aromatic rings. The second-order valence-electron chi connectivity index (χ2n) is 4.89. The first-order chi connectivity index (χ1) is 8.33. The van der Waals surface area contributed by atoms with E-state index in [0.717, 1.165) is 0 Å². The number of hydrogen-bond acceptors (Lipinski definition) is 5. The molecule has 0 radical (unpaired) electrons. The zero-order valence-corrected chi connectivity index (χ0v) is 10.7. The molecule has 102 valence electrons. The molecule has 6 heteroatoms. The standard InChI is InChI=1S/C12H19NO5/c1-12(2,3)18-11(16)13-10(8(15)7-14)9-5-4-6-17-9/h4-6,8,10,14-15H,7H2,1-3H3,(H,13,16)/t8-,10+/m1/s1. The number of rotatable bonds is 4. The number of alkyl carbamates (subject to hydrolysis) is 1. The van der Waals surface area contributed by atoms with Crippen LogP contribution in [0.3, 0.4) is 0 Å². The first-order valence-corrected chi connectivity index (χ1v) is 5.65. The Morgan fingerprint density at radius 1 is 1.56 bits per heavy atom. The summed E-state index contributed by atoms with van der Waals surface area (Å²) in [6.07, 6.45) is -0.427. The molecule has 0 aliphatic heterocycles. The smallest absolute Gasteiger partial charge is 0.408 e. The second kappa shape index (κ2) is 5.88. The summed E-state index contributed by atoms with van der Waals surface area (Å²) in [6.45, 7) is 4.70. The quantitative estimate of drug-likeness (QED) is 0.753. The van der Waals surface area contributed by atoms with Crippen molar-refractivity contribution in [3.8, 4) is 0 Å². The van der Waals surface area contributed by atoms with E-state index in [1.807, 2.05) is 0 Å². The second-order valence-corrected chi connectivity index (χ2v) is 4.89. The molecule has 0 bridgehead atoms. The lowest BCUT2D eigenvalue weighted by atomic mass is 10.1. The normalized spacial score (nSPS) is 14.9. The molecule has 18 heavy (non-hydrogen) atoms.